The Morgan fingerprint density at radius 1 is 1.18 bits per heavy atom. The number of sulfonamides is 1. The topological polar surface area (TPSA) is 66.4 Å². The fourth-order valence-electron chi connectivity index (χ4n) is 2.22. The van der Waals surface area contributed by atoms with Crippen molar-refractivity contribution in [2.45, 2.75) is 23.7 Å². The van der Waals surface area contributed by atoms with Crippen molar-refractivity contribution in [3.05, 3.63) is 51.1 Å². The number of hydrogen-bond acceptors (Lipinski definition) is 4. The molecule has 22 heavy (non-hydrogen) atoms. The van der Waals surface area contributed by atoms with Crippen LogP contribution in [0.4, 0.5) is 0 Å². The number of halogens is 1. The maximum atomic E-state index is 12.3. The Morgan fingerprint density at radius 3 is 2.59 bits per heavy atom. The number of aliphatic hydroxyl groups is 1. The molecule has 0 aliphatic carbocycles. The molecule has 7 heteroatoms. The Labute approximate surface area is 143 Å². The molecule has 120 valence electrons. The van der Waals surface area contributed by atoms with Gasteiger partial charge in [-0.3, -0.25) is 0 Å². The van der Waals surface area contributed by atoms with Gasteiger partial charge in [0.15, 0.2) is 0 Å². The maximum absolute atomic E-state index is 12.3. The van der Waals surface area contributed by atoms with Crippen LogP contribution < -0.4 is 4.72 Å². The third-order valence-corrected chi connectivity index (χ3v) is 6.84. The van der Waals surface area contributed by atoms with Crippen molar-refractivity contribution in [2.75, 3.05) is 13.2 Å². The average Bonchev–Trinajstić information content (AvgIpc) is 3.00. The van der Waals surface area contributed by atoms with Gasteiger partial charge in [0.1, 0.15) is 0 Å². The quantitative estimate of drug-likeness (QED) is 0.709. The molecule has 1 atom stereocenters. The molecule has 1 aromatic carbocycles. The van der Waals surface area contributed by atoms with Gasteiger partial charge in [0.25, 0.3) is 0 Å². The fourth-order valence-corrected chi connectivity index (χ4v) is 5.16. The van der Waals surface area contributed by atoms with E-state index in [1.807, 2.05) is 17.5 Å². The summed E-state index contributed by atoms with van der Waals surface area (Å²) < 4.78 is 27.8. The van der Waals surface area contributed by atoms with Gasteiger partial charge in [0.05, 0.1) is 4.90 Å². The van der Waals surface area contributed by atoms with Gasteiger partial charge in [-0.2, -0.15) is 0 Å². The Morgan fingerprint density at radius 2 is 1.95 bits per heavy atom. The van der Waals surface area contributed by atoms with E-state index in [1.165, 1.54) is 4.88 Å². The third-order valence-electron chi connectivity index (χ3n) is 3.33. The van der Waals surface area contributed by atoms with Crippen molar-refractivity contribution >= 4 is 37.3 Å². The molecule has 2 rings (SSSR count). The number of benzene rings is 1. The molecule has 0 fully saturated rings. The summed E-state index contributed by atoms with van der Waals surface area (Å²) in [6.07, 6.45) is 1.29. The van der Waals surface area contributed by atoms with Crippen LogP contribution in [0.25, 0.3) is 0 Å². The number of aliphatic hydroxyl groups excluding tert-OH is 1. The van der Waals surface area contributed by atoms with Crippen LogP contribution in [-0.2, 0) is 10.0 Å². The van der Waals surface area contributed by atoms with Crippen molar-refractivity contribution in [3.63, 3.8) is 0 Å². The van der Waals surface area contributed by atoms with Crippen LogP contribution in [0.1, 0.15) is 23.6 Å². The van der Waals surface area contributed by atoms with Gasteiger partial charge in [0, 0.05) is 22.5 Å². The van der Waals surface area contributed by atoms with E-state index < -0.39 is 10.0 Å². The molecule has 0 spiro atoms. The Bertz CT molecular complexity index is 687. The summed E-state index contributed by atoms with van der Waals surface area (Å²) >= 11 is 4.89. The second-order valence-corrected chi connectivity index (χ2v) is 8.41. The highest BCUT2D eigenvalue weighted by molar-refractivity contribution is 9.10. The predicted octanol–water partition coefficient (Wildman–Crippen LogP) is 3.35. The summed E-state index contributed by atoms with van der Waals surface area (Å²) in [6.45, 7) is 0.436. The molecule has 0 aliphatic rings. The van der Waals surface area contributed by atoms with Gasteiger partial charge < -0.3 is 5.11 Å². The smallest absolute Gasteiger partial charge is 0.241 e. The zero-order valence-electron chi connectivity index (χ0n) is 11.9. The second kappa shape index (κ2) is 8.21. The lowest BCUT2D eigenvalue weighted by Crippen LogP contribution is -2.26. The standard InChI is InChI=1S/C15H18BrNO3S2/c16-13-4-1-2-6-15(13)22(19,20)17-9-7-12(8-10-18)14-5-3-11-21-14/h1-6,11-12,17-18H,7-10H2/t12-/m0/s1. The monoisotopic (exact) mass is 403 g/mol. The van der Waals surface area contributed by atoms with E-state index in [-0.39, 0.29) is 17.4 Å². The number of nitrogens with one attached hydrogen (secondary N) is 1. The van der Waals surface area contributed by atoms with E-state index in [1.54, 1.807) is 35.6 Å². The number of rotatable bonds is 8. The molecule has 0 radical (unpaired) electrons. The predicted molar refractivity (Wildman–Crippen MR) is 92.7 cm³/mol. The Kier molecular flexibility index (Phi) is 6.58. The molecule has 1 aromatic heterocycles. The molecular formula is C15H18BrNO3S2. The van der Waals surface area contributed by atoms with Crippen LogP contribution in [0, 0.1) is 0 Å². The van der Waals surface area contributed by atoms with Gasteiger partial charge in [-0.25, -0.2) is 13.1 Å². The molecule has 1 heterocycles. The van der Waals surface area contributed by atoms with Gasteiger partial charge in [-0.1, -0.05) is 18.2 Å². The summed E-state index contributed by atoms with van der Waals surface area (Å²) in [7, 11) is -3.53. The van der Waals surface area contributed by atoms with Crippen molar-refractivity contribution in [1.29, 1.82) is 0 Å². The van der Waals surface area contributed by atoms with Crippen molar-refractivity contribution in [3.8, 4) is 0 Å². The highest BCUT2D eigenvalue weighted by atomic mass is 79.9. The minimum absolute atomic E-state index is 0.0968. The van der Waals surface area contributed by atoms with Gasteiger partial charge in [-0.05, 0) is 58.3 Å². The van der Waals surface area contributed by atoms with Crippen LogP contribution in [0.3, 0.4) is 0 Å². The molecule has 2 N–H and O–H groups in total. The molecular weight excluding hydrogens is 386 g/mol. The maximum Gasteiger partial charge on any atom is 0.241 e. The first-order chi connectivity index (χ1) is 10.5. The first-order valence-corrected chi connectivity index (χ1v) is 10.1. The SMILES string of the molecule is O=S(=O)(NCC[C@@H](CCO)c1cccs1)c1ccccc1Br. The highest BCUT2D eigenvalue weighted by Crippen LogP contribution is 2.27. The summed E-state index contributed by atoms with van der Waals surface area (Å²) in [5.74, 6) is 0.173. The Hall–Kier alpha value is -0.730. The van der Waals surface area contributed by atoms with Gasteiger partial charge in [0.2, 0.25) is 10.0 Å². The fraction of sp³-hybridized carbons (Fsp3) is 0.333. The van der Waals surface area contributed by atoms with E-state index >= 15 is 0 Å². The molecule has 0 aliphatic heterocycles. The Balaban J connectivity index is 1.98. The second-order valence-electron chi connectivity index (χ2n) is 4.84. The van der Waals surface area contributed by atoms with E-state index in [0.717, 1.165) is 0 Å². The number of thiophene rings is 1. The highest BCUT2D eigenvalue weighted by Gasteiger charge is 2.18. The third kappa shape index (κ3) is 4.63. The first kappa shape index (κ1) is 17.6. The lowest BCUT2D eigenvalue weighted by atomic mass is 10.0. The first-order valence-electron chi connectivity index (χ1n) is 6.93. The molecule has 2 aromatic rings. The van der Waals surface area contributed by atoms with Gasteiger partial charge >= 0.3 is 0 Å². The van der Waals surface area contributed by atoms with E-state index in [4.69, 9.17) is 5.11 Å². The van der Waals surface area contributed by atoms with Gasteiger partial charge in [-0.15, -0.1) is 11.3 Å². The van der Waals surface area contributed by atoms with E-state index in [2.05, 4.69) is 20.7 Å². The van der Waals surface area contributed by atoms with Crippen LogP contribution in [0.2, 0.25) is 0 Å². The largest absolute Gasteiger partial charge is 0.396 e. The zero-order chi connectivity index (χ0) is 16.0. The van der Waals surface area contributed by atoms with Crippen LogP contribution in [-0.4, -0.2) is 26.7 Å². The molecule has 0 amide bonds. The molecule has 0 saturated carbocycles. The molecule has 0 unspecified atom stereocenters. The van der Waals surface area contributed by atoms with E-state index in [9.17, 15) is 8.42 Å². The lowest BCUT2D eigenvalue weighted by molar-refractivity contribution is 0.273. The normalized spacial score (nSPS) is 13.2. The summed E-state index contributed by atoms with van der Waals surface area (Å²) in [6, 6.07) is 10.7. The lowest BCUT2D eigenvalue weighted by Gasteiger charge is -2.15. The summed E-state index contributed by atoms with van der Waals surface area (Å²) in [5, 5.41) is 11.2. The minimum atomic E-state index is -3.53. The van der Waals surface area contributed by atoms with Crippen LogP contribution >= 0.6 is 27.3 Å². The molecule has 4 nitrogen and oxygen atoms in total. The summed E-state index contributed by atoms with van der Waals surface area (Å²) in [5.41, 5.74) is 0. The van der Waals surface area contributed by atoms with Crippen molar-refractivity contribution in [2.24, 2.45) is 0 Å². The number of hydrogen-bond donors (Lipinski definition) is 2. The molecule has 0 bridgehead atoms. The van der Waals surface area contributed by atoms with Crippen LogP contribution in [0.5, 0.6) is 0 Å². The molecule has 0 saturated heterocycles. The van der Waals surface area contributed by atoms with Crippen molar-refractivity contribution in [1.82, 2.24) is 4.72 Å². The average molecular weight is 404 g/mol. The van der Waals surface area contributed by atoms with E-state index in [0.29, 0.717) is 23.9 Å². The van der Waals surface area contributed by atoms with Crippen molar-refractivity contribution < 1.29 is 13.5 Å². The minimum Gasteiger partial charge on any atom is -0.396 e. The summed E-state index contributed by atoms with van der Waals surface area (Å²) in [4.78, 5) is 1.42. The van der Waals surface area contributed by atoms with Crippen LogP contribution in [0.15, 0.2) is 51.1 Å². The zero-order valence-corrected chi connectivity index (χ0v) is 15.1.